The minimum atomic E-state index is -0.458. The molecule has 0 amide bonds. The van der Waals surface area contributed by atoms with Crippen LogP contribution >= 0.6 is 0 Å². The summed E-state index contributed by atoms with van der Waals surface area (Å²) < 4.78 is 4.32. The van der Waals surface area contributed by atoms with Gasteiger partial charge in [0.1, 0.15) is 0 Å². The summed E-state index contributed by atoms with van der Waals surface area (Å²) in [6.07, 6.45) is 3.02. The number of nitro benzene ring substituents is 1. The second-order valence-corrected chi connectivity index (χ2v) is 7.24. The van der Waals surface area contributed by atoms with Crippen molar-refractivity contribution in [2.45, 2.75) is 32.9 Å². The average molecular weight is 419 g/mol. The van der Waals surface area contributed by atoms with E-state index in [2.05, 4.69) is 4.98 Å². The second kappa shape index (κ2) is 8.39. The first-order valence-corrected chi connectivity index (χ1v) is 10.0. The van der Waals surface area contributed by atoms with E-state index in [9.17, 15) is 19.7 Å². The van der Waals surface area contributed by atoms with Gasteiger partial charge in [0.15, 0.2) is 11.2 Å². The number of unbranched alkanes of at least 4 members (excludes halogenated alkanes) is 1. The minimum absolute atomic E-state index is 0.0246. The van der Waals surface area contributed by atoms with Gasteiger partial charge in [-0.05, 0) is 24.1 Å². The molecule has 0 saturated carbocycles. The Balaban J connectivity index is 1.93. The Kier molecular flexibility index (Phi) is 5.48. The van der Waals surface area contributed by atoms with Crippen LogP contribution in [0.4, 0.5) is 5.69 Å². The molecule has 31 heavy (non-hydrogen) atoms. The predicted molar refractivity (Wildman–Crippen MR) is 117 cm³/mol. The molecule has 0 aliphatic heterocycles. The van der Waals surface area contributed by atoms with E-state index in [-0.39, 0.29) is 23.4 Å². The van der Waals surface area contributed by atoms with Crippen molar-refractivity contribution in [3.63, 3.8) is 0 Å². The lowest BCUT2D eigenvalue weighted by atomic mass is 10.2. The van der Waals surface area contributed by atoms with Crippen molar-refractivity contribution in [2.75, 3.05) is 0 Å². The van der Waals surface area contributed by atoms with Gasteiger partial charge < -0.3 is 4.57 Å². The fourth-order valence-corrected chi connectivity index (χ4v) is 3.59. The molecule has 0 bridgehead atoms. The van der Waals surface area contributed by atoms with Gasteiger partial charge in [-0.3, -0.25) is 19.5 Å². The maximum absolute atomic E-state index is 13.3. The van der Waals surface area contributed by atoms with Gasteiger partial charge in [-0.15, -0.1) is 0 Å². The highest BCUT2D eigenvalue weighted by atomic mass is 16.6. The Labute approximate surface area is 177 Å². The van der Waals surface area contributed by atoms with E-state index < -0.39 is 16.2 Å². The lowest BCUT2D eigenvalue weighted by molar-refractivity contribution is -0.384. The van der Waals surface area contributed by atoms with E-state index in [0.717, 1.165) is 6.42 Å². The highest BCUT2D eigenvalue weighted by molar-refractivity contribution is 5.72. The number of hydrogen-bond donors (Lipinski definition) is 0. The zero-order chi connectivity index (χ0) is 22.0. The summed E-state index contributed by atoms with van der Waals surface area (Å²) in [6.45, 7) is 2.51. The van der Waals surface area contributed by atoms with E-state index in [0.29, 0.717) is 24.2 Å². The van der Waals surface area contributed by atoms with E-state index >= 15 is 0 Å². The number of imidazole rings is 1. The van der Waals surface area contributed by atoms with Gasteiger partial charge in [-0.25, -0.2) is 14.3 Å². The van der Waals surface area contributed by atoms with E-state index in [1.165, 1.54) is 27.6 Å². The molecule has 0 aliphatic rings. The molecule has 158 valence electrons. The van der Waals surface area contributed by atoms with E-state index in [1.54, 1.807) is 28.8 Å². The number of fused-ring (bicyclic) bond motifs is 1. The fourth-order valence-electron chi connectivity index (χ4n) is 3.59. The first kappa shape index (κ1) is 20.3. The summed E-state index contributed by atoms with van der Waals surface area (Å²) in [5.74, 6) is 0. The number of rotatable bonds is 7. The number of hydrogen-bond acceptors (Lipinski definition) is 5. The highest BCUT2D eigenvalue weighted by Crippen LogP contribution is 2.17. The lowest BCUT2D eigenvalue weighted by Crippen LogP contribution is -2.40. The van der Waals surface area contributed by atoms with E-state index in [1.807, 2.05) is 25.1 Å². The second-order valence-electron chi connectivity index (χ2n) is 7.24. The van der Waals surface area contributed by atoms with Gasteiger partial charge in [-0.2, -0.15) is 0 Å². The number of nitro groups is 1. The van der Waals surface area contributed by atoms with Crippen LogP contribution in [0.5, 0.6) is 0 Å². The Morgan fingerprint density at radius 2 is 1.84 bits per heavy atom. The molecule has 0 atom stereocenters. The molecule has 9 heteroatoms. The third kappa shape index (κ3) is 3.77. The molecule has 0 unspecified atom stereocenters. The third-order valence-corrected chi connectivity index (χ3v) is 5.12. The van der Waals surface area contributed by atoms with Crippen LogP contribution in [0, 0.1) is 10.1 Å². The number of nitrogens with zero attached hydrogens (tertiary/aromatic N) is 5. The Morgan fingerprint density at radius 1 is 1.06 bits per heavy atom. The van der Waals surface area contributed by atoms with Crippen LogP contribution in [-0.4, -0.2) is 23.6 Å². The molecule has 2 heterocycles. The van der Waals surface area contributed by atoms with Crippen LogP contribution in [0.2, 0.25) is 0 Å². The smallest absolute Gasteiger partial charge is 0.320 e. The highest BCUT2D eigenvalue weighted by Gasteiger charge is 2.19. The Hall–Kier alpha value is -4.01. The SMILES string of the molecule is CCCCn1c(=O)c2c(ncn2Cc2cccc([N+](=O)[O-])c2)n(-c2ccccc2)c1=O. The lowest BCUT2D eigenvalue weighted by Gasteiger charge is -2.12. The fraction of sp³-hybridized carbons (Fsp3) is 0.227. The largest absolute Gasteiger partial charge is 0.337 e. The molecule has 4 aromatic rings. The van der Waals surface area contributed by atoms with Crippen LogP contribution < -0.4 is 11.2 Å². The van der Waals surface area contributed by atoms with Crippen molar-refractivity contribution < 1.29 is 4.92 Å². The summed E-state index contributed by atoms with van der Waals surface area (Å²) in [6, 6.07) is 15.3. The first-order chi connectivity index (χ1) is 15.0. The van der Waals surface area contributed by atoms with Crippen molar-refractivity contribution in [1.29, 1.82) is 0 Å². The Morgan fingerprint density at radius 3 is 2.55 bits per heavy atom. The predicted octanol–water partition coefficient (Wildman–Crippen LogP) is 3.11. The van der Waals surface area contributed by atoms with Gasteiger partial charge in [-0.1, -0.05) is 43.7 Å². The molecule has 0 radical (unpaired) electrons. The van der Waals surface area contributed by atoms with Crippen molar-refractivity contribution >= 4 is 16.9 Å². The van der Waals surface area contributed by atoms with Crippen molar-refractivity contribution in [1.82, 2.24) is 18.7 Å². The summed E-state index contributed by atoms with van der Waals surface area (Å²) in [4.78, 5) is 41.5. The molecule has 0 fully saturated rings. The van der Waals surface area contributed by atoms with Gasteiger partial charge in [0.05, 0.1) is 16.9 Å². The molecule has 0 aliphatic carbocycles. The van der Waals surface area contributed by atoms with Gasteiger partial charge in [0.25, 0.3) is 11.2 Å². The average Bonchev–Trinajstić information content (AvgIpc) is 3.18. The maximum atomic E-state index is 13.3. The zero-order valence-electron chi connectivity index (χ0n) is 17.0. The number of benzene rings is 2. The molecule has 9 nitrogen and oxygen atoms in total. The van der Waals surface area contributed by atoms with Crippen molar-refractivity contribution in [2.24, 2.45) is 0 Å². The van der Waals surface area contributed by atoms with Crippen LogP contribution in [0.1, 0.15) is 25.3 Å². The van der Waals surface area contributed by atoms with Crippen molar-refractivity contribution in [3.8, 4) is 5.69 Å². The summed E-state index contributed by atoms with van der Waals surface area (Å²) in [5.41, 5.74) is 0.948. The Bertz CT molecular complexity index is 1370. The molecule has 0 N–H and O–H groups in total. The first-order valence-electron chi connectivity index (χ1n) is 10.0. The summed E-state index contributed by atoms with van der Waals surface area (Å²) in [5, 5.41) is 11.1. The van der Waals surface area contributed by atoms with Crippen LogP contribution in [-0.2, 0) is 13.1 Å². The van der Waals surface area contributed by atoms with Crippen LogP contribution in [0.15, 0.2) is 70.5 Å². The third-order valence-electron chi connectivity index (χ3n) is 5.12. The molecule has 2 aromatic heterocycles. The summed E-state index contributed by atoms with van der Waals surface area (Å²) >= 11 is 0. The monoisotopic (exact) mass is 419 g/mol. The normalized spacial score (nSPS) is 11.1. The van der Waals surface area contributed by atoms with E-state index in [4.69, 9.17) is 0 Å². The topological polar surface area (TPSA) is 105 Å². The maximum Gasteiger partial charge on any atom is 0.337 e. The molecular formula is C22H21N5O4. The standard InChI is InChI=1S/C22H21N5O4/c1-2-3-12-25-21(28)19-20(26(22(25)29)17-9-5-4-6-10-17)23-15-24(19)14-16-8-7-11-18(13-16)27(30)31/h4-11,13,15H,2-3,12,14H2,1H3. The molecule has 0 saturated heterocycles. The number of aromatic nitrogens is 4. The van der Waals surface area contributed by atoms with Gasteiger partial charge >= 0.3 is 5.69 Å². The molecule has 2 aromatic carbocycles. The van der Waals surface area contributed by atoms with Gasteiger partial charge in [0.2, 0.25) is 0 Å². The number of para-hydroxylation sites is 1. The van der Waals surface area contributed by atoms with Crippen LogP contribution in [0.3, 0.4) is 0 Å². The quantitative estimate of drug-likeness (QED) is 0.338. The minimum Gasteiger partial charge on any atom is -0.320 e. The molecule has 4 rings (SSSR count). The van der Waals surface area contributed by atoms with Crippen LogP contribution in [0.25, 0.3) is 16.9 Å². The number of non-ortho nitro benzene ring substituents is 1. The van der Waals surface area contributed by atoms with Gasteiger partial charge in [0, 0.05) is 25.2 Å². The van der Waals surface area contributed by atoms with Crippen molar-refractivity contribution in [3.05, 3.63) is 97.4 Å². The molecule has 0 spiro atoms. The molecular weight excluding hydrogens is 398 g/mol. The summed E-state index contributed by atoms with van der Waals surface area (Å²) in [7, 11) is 0. The zero-order valence-corrected chi connectivity index (χ0v) is 17.0.